The van der Waals surface area contributed by atoms with E-state index in [1.54, 1.807) is 6.08 Å². The Hall–Kier alpha value is -2.03. The SMILES string of the molecule is NC(=O)/C=C/C=C(/N)c1ccccc1. The largest absolute Gasteiger partial charge is 0.398 e. The van der Waals surface area contributed by atoms with Crippen LogP contribution in [0.3, 0.4) is 0 Å². The molecular formula is C11H12N2O. The summed E-state index contributed by atoms with van der Waals surface area (Å²) in [7, 11) is 0. The first kappa shape index (κ1) is 10.1. The molecule has 4 N–H and O–H groups in total. The van der Waals surface area contributed by atoms with Crippen molar-refractivity contribution in [1.82, 2.24) is 0 Å². The van der Waals surface area contributed by atoms with Gasteiger partial charge in [0, 0.05) is 11.8 Å². The fraction of sp³-hybridized carbons (Fsp3) is 0. The smallest absolute Gasteiger partial charge is 0.241 e. The maximum atomic E-state index is 10.4. The molecule has 0 unspecified atom stereocenters. The topological polar surface area (TPSA) is 69.1 Å². The molecule has 0 aliphatic heterocycles. The zero-order valence-electron chi connectivity index (χ0n) is 7.68. The Balaban J connectivity index is 2.75. The number of hydrogen-bond acceptors (Lipinski definition) is 2. The highest BCUT2D eigenvalue weighted by molar-refractivity contribution is 5.86. The average molecular weight is 188 g/mol. The van der Waals surface area contributed by atoms with Crippen LogP contribution in [0.5, 0.6) is 0 Å². The average Bonchev–Trinajstić information content (AvgIpc) is 2.18. The van der Waals surface area contributed by atoms with Crippen LogP contribution in [0.15, 0.2) is 48.6 Å². The second-order valence-electron chi connectivity index (χ2n) is 2.75. The summed E-state index contributed by atoms with van der Waals surface area (Å²) in [5, 5.41) is 0. The normalized spacial score (nSPS) is 11.9. The van der Waals surface area contributed by atoms with Crippen molar-refractivity contribution in [2.24, 2.45) is 11.5 Å². The molecule has 1 rings (SSSR count). The van der Waals surface area contributed by atoms with Gasteiger partial charge in [-0.3, -0.25) is 4.79 Å². The summed E-state index contributed by atoms with van der Waals surface area (Å²) in [6.07, 6.45) is 4.43. The molecule has 0 saturated carbocycles. The first-order valence-corrected chi connectivity index (χ1v) is 4.19. The zero-order valence-corrected chi connectivity index (χ0v) is 7.68. The van der Waals surface area contributed by atoms with Crippen LogP contribution in [0, 0.1) is 0 Å². The zero-order chi connectivity index (χ0) is 10.4. The summed E-state index contributed by atoms with van der Waals surface area (Å²) in [5.41, 5.74) is 12.2. The Kier molecular flexibility index (Phi) is 3.49. The van der Waals surface area contributed by atoms with Gasteiger partial charge in [-0.25, -0.2) is 0 Å². The number of amides is 1. The molecule has 3 heteroatoms. The number of nitrogens with two attached hydrogens (primary N) is 2. The number of hydrogen-bond donors (Lipinski definition) is 2. The van der Waals surface area contributed by atoms with E-state index in [-0.39, 0.29) is 0 Å². The molecule has 1 aromatic carbocycles. The third kappa shape index (κ3) is 3.15. The molecule has 3 nitrogen and oxygen atoms in total. The van der Waals surface area contributed by atoms with E-state index >= 15 is 0 Å². The number of carbonyl (C=O) groups excluding carboxylic acids is 1. The van der Waals surface area contributed by atoms with Crippen LogP contribution in [0.4, 0.5) is 0 Å². The van der Waals surface area contributed by atoms with Gasteiger partial charge < -0.3 is 11.5 Å². The van der Waals surface area contributed by atoms with Gasteiger partial charge in [-0.1, -0.05) is 36.4 Å². The van der Waals surface area contributed by atoms with Crippen molar-refractivity contribution in [2.45, 2.75) is 0 Å². The summed E-state index contributed by atoms with van der Waals surface area (Å²) in [6.45, 7) is 0. The first-order chi connectivity index (χ1) is 6.70. The molecule has 14 heavy (non-hydrogen) atoms. The second kappa shape index (κ2) is 4.87. The molecular weight excluding hydrogens is 176 g/mol. The Labute approximate surface area is 82.7 Å². The minimum absolute atomic E-state index is 0.484. The minimum atomic E-state index is -0.484. The molecule has 72 valence electrons. The summed E-state index contributed by atoms with van der Waals surface area (Å²) in [5.74, 6) is -0.484. The van der Waals surface area contributed by atoms with E-state index in [9.17, 15) is 4.79 Å². The van der Waals surface area contributed by atoms with Crippen LogP contribution in [0.25, 0.3) is 5.70 Å². The summed E-state index contributed by atoms with van der Waals surface area (Å²) in [6, 6.07) is 9.49. The lowest BCUT2D eigenvalue weighted by atomic mass is 10.1. The monoisotopic (exact) mass is 188 g/mol. The lowest BCUT2D eigenvalue weighted by Crippen LogP contribution is -2.05. The number of benzene rings is 1. The quantitative estimate of drug-likeness (QED) is 0.549. The van der Waals surface area contributed by atoms with Gasteiger partial charge in [-0.05, 0) is 11.6 Å². The van der Waals surface area contributed by atoms with Crippen molar-refractivity contribution >= 4 is 11.6 Å². The third-order valence-corrected chi connectivity index (χ3v) is 1.64. The van der Waals surface area contributed by atoms with E-state index in [0.717, 1.165) is 5.56 Å². The molecule has 0 radical (unpaired) electrons. The van der Waals surface area contributed by atoms with Crippen LogP contribution in [0.2, 0.25) is 0 Å². The summed E-state index contributed by atoms with van der Waals surface area (Å²) >= 11 is 0. The molecule has 0 heterocycles. The summed E-state index contributed by atoms with van der Waals surface area (Å²) < 4.78 is 0. The van der Waals surface area contributed by atoms with Crippen molar-refractivity contribution in [3.8, 4) is 0 Å². The molecule has 0 aliphatic carbocycles. The van der Waals surface area contributed by atoms with E-state index in [0.29, 0.717) is 5.70 Å². The summed E-state index contributed by atoms with van der Waals surface area (Å²) in [4.78, 5) is 10.4. The molecule has 1 amide bonds. The van der Waals surface area contributed by atoms with Crippen LogP contribution in [0.1, 0.15) is 5.56 Å². The van der Waals surface area contributed by atoms with Crippen LogP contribution in [-0.2, 0) is 4.79 Å². The van der Waals surface area contributed by atoms with E-state index in [4.69, 9.17) is 11.5 Å². The highest BCUT2D eigenvalue weighted by atomic mass is 16.1. The molecule has 0 aliphatic rings. The number of allylic oxidation sites excluding steroid dienone is 2. The lowest BCUT2D eigenvalue weighted by Gasteiger charge is -1.98. The van der Waals surface area contributed by atoms with Crippen molar-refractivity contribution in [2.75, 3.05) is 0 Å². The lowest BCUT2D eigenvalue weighted by molar-refractivity contribution is -0.113. The van der Waals surface area contributed by atoms with Gasteiger partial charge in [0.25, 0.3) is 0 Å². The van der Waals surface area contributed by atoms with Gasteiger partial charge in [-0.2, -0.15) is 0 Å². The van der Waals surface area contributed by atoms with Crippen molar-refractivity contribution in [1.29, 1.82) is 0 Å². The van der Waals surface area contributed by atoms with E-state index in [2.05, 4.69) is 0 Å². The Morgan fingerprint density at radius 3 is 2.36 bits per heavy atom. The van der Waals surface area contributed by atoms with E-state index < -0.39 is 5.91 Å². The van der Waals surface area contributed by atoms with Crippen LogP contribution < -0.4 is 11.5 Å². The van der Waals surface area contributed by atoms with E-state index in [1.807, 2.05) is 30.3 Å². The predicted octanol–water partition coefficient (Wildman–Crippen LogP) is 1.03. The van der Waals surface area contributed by atoms with Gasteiger partial charge in [-0.15, -0.1) is 0 Å². The Morgan fingerprint density at radius 1 is 1.14 bits per heavy atom. The van der Waals surface area contributed by atoms with Crippen LogP contribution >= 0.6 is 0 Å². The number of primary amides is 1. The first-order valence-electron chi connectivity index (χ1n) is 4.19. The highest BCUT2D eigenvalue weighted by Crippen LogP contribution is 2.07. The standard InChI is InChI=1S/C11H12N2O/c12-10(7-4-8-11(13)14)9-5-2-1-3-6-9/h1-8H,12H2,(H2,13,14)/b8-4+,10-7+. The van der Waals surface area contributed by atoms with Gasteiger partial charge in [0.2, 0.25) is 5.91 Å². The fourth-order valence-electron chi connectivity index (χ4n) is 0.973. The fourth-order valence-corrected chi connectivity index (χ4v) is 0.973. The van der Waals surface area contributed by atoms with Crippen LogP contribution in [-0.4, -0.2) is 5.91 Å². The number of carbonyl (C=O) groups is 1. The molecule has 0 fully saturated rings. The van der Waals surface area contributed by atoms with Crippen molar-refractivity contribution < 1.29 is 4.79 Å². The molecule has 0 aromatic heterocycles. The predicted molar refractivity (Wildman–Crippen MR) is 56.9 cm³/mol. The number of rotatable bonds is 3. The molecule has 0 bridgehead atoms. The maximum absolute atomic E-state index is 10.4. The third-order valence-electron chi connectivity index (χ3n) is 1.64. The molecule has 0 atom stereocenters. The minimum Gasteiger partial charge on any atom is -0.398 e. The van der Waals surface area contributed by atoms with Gasteiger partial charge >= 0.3 is 0 Å². The highest BCUT2D eigenvalue weighted by Gasteiger charge is 1.91. The molecule has 0 spiro atoms. The van der Waals surface area contributed by atoms with Gasteiger partial charge in [0.1, 0.15) is 0 Å². The molecule has 0 saturated heterocycles. The molecule has 1 aromatic rings. The Bertz CT molecular complexity index is 366. The maximum Gasteiger partial charge on any atom is 0.241 e. The van der Waals surface area contributed by atoms with E-state index in [1.165, 1.54) is 12.2 Å². The van der Waals surface area contributed by atoms with Gasteiger partial charge in [0.15, 0.2) is 0 Å². The van der Waals surface area contributed by atoms with Crippen molar-refractivity contribution in [3.05, 3.63) is 54.1 Å². The Morgan fingerprint density at radius 2 is 1.79 bits per heavy atom. The van der Waals surface area contributed by atoms with Crippen molar-refractivity contribution in [3.63, 3.8) is 0 Å². The van der Waals surface area contributed by atoms with Gasteiger partial charge in [0.05, 0.1) is 0 Å². The second-order valence-corrected chi connectivity index (χ2v) is 2.75.